The molecule has 156 valence electrons. The van der Waals surface area contributed by atoms with E-state index in [0.717, 1.165) is 16.6 Å². The summed E-state index contributed by atoms with van der Waals surface area (Å²) in [4.78, 5) is 22.7. The Balaban J connectivity index is 2.37. The van der Waals surface area contributed by atoms with Crippen molar-refractivity contribution in [3.05, 3.63) is 51.5 Å². The maximum absolute atomic E-state index is 12.5. The predicted molar refractivity (Wildman–Crippen MR) is 108 cm³/mol. The third-order valence-electron chi connectivity index (χ3n) is 3.75. The van der Waals surface area contributed by atoms with E-state index >= 15 is 0 Å². The van der Waals surface area contributed by atoms with Gasteiger partial charge in [-0.2, -0.15) is 0 Å². The van der Waals surface area contributed by atoms with Crippen molar-refractivity contribution >= 4 is 44.6 Å². The number of carbonyl (C=O) groups excluding carboxylic acids is 1. The molecule has 0 aliphatic carbocycles. The molecule has 2 aromatic carbocycles. The molecule has 2 aromatic rings. The zero-order chi connectivity index (χ0) is 21.8. The van der Waals surface area contributed by atoms with Crippen LogP contribution in [-0.2, 0) is 14.8 Å². The zero-order valence-corrected chi connectivity index (χ0v) is 17.3. The van der Waals surface area contributed by atoms with E-state index < -0.39 is 27.4 Å². The van der Waals surface area contributed by atoms with Crippen LogP contribution in [0.15, 0.2) is 36.4 Å². The van der Waals surface area contributed by atoms with Gasteiger partial charge in [0, 0.05) is 30.0 Å². The van der Waals surface area contributed by atoms with Crippen LogP contribution in [0.25, 0.3) is 0 Å². The number of anilines is 2. The molecule has 10 nitrogen and oxygen atoms in total. The number of nitrogens with zero attached hydrogens (tertiary/aromatic N) is 2. The molecule has 12 heteroatoms. The van der Waals surface area contributed by atoms with Crippen LogP contribution in [-0.4, -0.2) is 46.3 Å². The van der Waals surface area contributed by atoms with E-state index in [-0.39, 0.29) is 33.6 Å². The Morgan fingerprint density at radius 3 is 2.41 bits per heavy atom. The number of hydrogen-bond donors (Lipinski definition) is 1. The molecule has 0 aliphatic rings. The van der Waals surface area contributed by atoms with Crippen molar-refractivity contribution in [1.82, 2.24) is 0 Å². The van der Waals surface area contributed by atoms with Crippen molar-refractivity contribution in [2.24, 2.45) is 0 Å². The summed E-state index contributed by atoms with van der Waals surface area (Å²) in [5.74, 6) is -0.411. The molecule has 0 spiro atoms. The van der Waals surface area contributed by atoms with Gasteiger partial charge in [0.2, 0.25) is 15.9 Å². The summed E-state index contributed by atoms with van der Waals surface area (Å²) >= 11 is 6.05. The van der Waals surface area contributed by atoms with Gasteiger partial charge in [0.25, 0.3) is 5.69 Å². The van der Waals surface area contributed by atoms with Crippen LogP contribution in [0.2, 0.25) is 5.02 Å². The topological polar surface area (TPSA) is 128 Å². The number of carbonyl (C=O) groups is 1. The van der Waals surface area contributed by atoms with E-state index in [1.54, 1.807) is 0 Å². The second kappa shape index (κ2) is 8.97. The van der Waals surface area contributed by atoms with Crippen LogP contribution >= 0.6 is 11.6 Å². The smallest absolute Gasteiger partial charge is 0.271 e. The number of hydrogen-bond acceptors (Lipinski definition) is 7. The van der Waals surface area contributed by atoms with Crippen molar-refractivity contribution in [3.8, 4) is 11.5 Å². The Morgan fingerprint density at radius 2 is 1.86 bits per heavy atom. The summed E-state index contributed by atoms with van der Waals surface area (Å²) in [6.07, 6.45) is 0.925. The molecule has 29 heavy (non-hydrogen) atoms. The molecule has 0 atom stereocenters. The van der Waals surface area contributed by atoms with Gasteiger partial charge in [-0.1, -0.05) is 17.7 Å². The van der Waals surface area contributed by atoms with Gasteiger partial charge < -0.3 is 14.8 Å². The fraction of sp³-hybridized carbons (Fsp3) is 0.235. The Morgan fingerprint density at radius 1 is 1.21 bits per heavy atom. The maximum atomic E-state index is 12.5. The molecule has 0 aromatic heterocycles. The van der Waals surface area contributed by atoms with Gasteiger partial charge in [-0.15, -0.1) is 0 Å². The second-order valence-corrected chi connectivity index (χ2v) is 8.10. The molecule has 0 unspecified atom stereocenters. The van der Waals surface area contributed by atoms with Crippen molar-refractivity contribution in [3.63, 3.8) is 0 Å². The van der Waals surface area contributed by atoms with Gasteiger partial charge in [0.05, 0.1) is 36.1 Å². The molecule has 2 rings (SSSR count). The molecule has 0 radical (unpaired) electrons. The molecule has 0 aliphatic heterocycles. The number of nitrogens with one attached hydrogen (secondary N) is 1. The van der Waals surface area contributed by atoms with Gasteiger partial charge in [0.1, 0.15) is 18.0 Å². The first kappa shape index (κ1) is 22.2. The van der Waals surface area contributed by atoms with E-state index in [2.05, 4.69) is 5.32 Å². The summed E-state index contributed by atoms with van der Waals surface area (Å²) in [7, 11) is -1.23. The SMILES string of the molecule is COc1cc(N(CC(=O)Nc2cccc([N+](=O)[O-])c2)S(C)(=O)=O)c(OC)cc1Cl. The Bertz CT molecular complexity index is 1040. The Labute approximate surface area is 172 Å². The standard InChI is InChI=1S/C17H18ClN3O7S/c1-27-15-9-14(16(28-2)8-13(15)18)20(29(3,25)26)10-17(22)19-11-5-4-6-12(7-11)21(23)24/h4-9H,10H2,1-3H3,(H,19,22). The maximum Gasteiger partial charge on any atom is 0.271 e. The average molecular weight is 444 g/mol. The molecule has 0 saturated heterocycles. The predicted octanol–water partition coefficient (Wildman–Crippen LogP) is 2.67. The first-order valence-corrected chi connectivity index (χ1v) is 10.2. The molecule has 1 N–H and O–H groups in total. The van der Waals surface area contributed by atoms with Crippen LogP contribution < -0.4 is 19.1 Å². The second-order valence-electron chi connectivity index (χ2n) is 5.78. The summed E-state index contributed by atoms with van der Waals surface area (Å²) in [5.41, 5.74) is -0.0179. The van der Waals surface area contributed by atoms with Crippen molar-refractivity contribution in [1.29, 1.82) is 0 Å². The van der Waals surface area contributed by atoms with Crippen LogP contribution in [0.3, 0.4) is 0 Å². The van der Waals surface area contributed by atoms with E-state index in [1.165, 1.54) is 44.6 Å². The molecule has 0 fully saturated rings. The van der Waals surface area contributed by atoms with E-state index in [0.29, 0.717) is 0 Å². The minimum atomic E-state index is -3.91. The number of benzene rings is 2. The summed E-state index contributed by atoms with van der Waals surface area (Å²) in [6, 6.07) is 7.98. The number of amides is 1. The lowest BCUT2D eigenvalue weighted by Crippen LogP contribution is -2.37. The molecule has 1 amide bonds. The summed E-state index contributed by atoms with van der Waals surface area (Å²) < 4.78 is 35.8. The van der Waals surface area contributed by atoms with Crippen molar-refractivity contribution in [2.75, 3.05) is 36.6 Å². The number of methoxy groups -OCH3 is 2. The molecule has 0 saturated carbocycles. The minimum Gasteiger partial charge on any atom is -0.495 e. The number of sulfonamides is 1. The van der Waals surface area contributed by atoms with Crippen LogP contribution in [0, 0.1) is 10.1 Å². The van der Waals surface area contributed by atoms with E-state index in [1.807, 2.05) is 0 Å². The number of nitro benzene ring substituents is 1. The van der Waals surface area contributed by atoms with Gasteiger partial charge in [0.15, 0.2) is 0 Å². The van der Waals surface area contributed by atoms with E-state index in [4.69, 9.17) is 21.1 Å². The number of rotatable bonds is 8. The largest absolute Gasteiger partial charge is 0.495 e. The lowest BCUT2D eigenvalue weighted by Gasteiger charge is -2.24. The van der Waals surface area contributed by atoms with Gasteiger partial charge in [-0.3, -0.25) is 19.2 Å². The third-order valence-corrected chi connectivity index (χ3v) is 5.17. The fourth-order valence-corrected chi connectivity index (χ4v) is 3.53. The lowest BCUT2D eigenvalue weighted by atomic mass is 10.2. The normalized spacial score (nSPS) is 10.9. The van der Waals surface area contributed by atoms with Crippen molar-refractivity contribution < 1.29 is 27.6 Å². The molecular weight excluding hydrogens is 426 g/mol. The Kier molecular flexibility index (Phi) is 6.88. The lowest BCUT2D eigenvalue weighted by molar-refractivity contribution is -0.384. The number of halogens is 1. The average Bonchev–Trinajstić information content (AvgIpc) is 2.65. The molecule has 0 heterocycles. The summed E-state index contributed by atoms with van der Waals surface area (Å²) in [6.45, 7) is -0.608. The highest BCUT2D eigenvalue weighted by Crippen LogP contribution is 2.39. The van der Waals surface area contributed by atoms with Crippen molar-refractivity contribution in [2.45, 2.75) is 0 Å². The quantitative estimate of drug-likeness (QED) is 0.490. The monoisotopic (exact) mass is 443 g/mol. The summed E-state index contributed by atoms with van der Waals surface area (Å²) in [5, 5.41) is 13.5. The van der Waals surface area contributed by atoms with Gasteiger partial charge in [-0.25, -0.2) is 8.42 Å². The fourth-order valence-electron chi connectivity index (χ4n) is 2.45. The Hall–Kier alpha value is -3.05. The van der Waals surface area contributed by atoms with E-state index in [9.17, 15) is 23.3 Å². The highest BCUT2D eigenvalue weighted by atomic mass is 35.5. The van der Waals surface area contributed by atoms with Gasteiger partial charge >= 0.3 is 0 Å². The number of nitro groups is 1. The number of ether oxygens (including phenoxy) is 2. The minimum absolute atomic E-state index is 0.0467. The first-order chi connectivity index (χ1) is 13.6. The van der Waals surface area contributed by atoms with Crippen LogP contribution in [0.1, 0.15) is 0 Å². The van der Waals surface area contributed by atoms with Crippen LogP contribution in [0.4, 0.5) is 17.1 Å². The highest BCUT2D eigenvalue weighted by molar-refractivity contribution is 7.92. The van der Waals surface area contributed by atoms with Crippen LogP contribution in [0.5, 0.6) is 11.5 Å². The first-order valence-electron chi connectivity index (χ1n) is 8.00. The highest BCUT2D eigenvalue weighted by Gasteiger charge is 2.26. The third kappa shape index (κ3) is 5.48. The number of non-ortho nitro benzene ring substituents is 1. The zero-order valence-electron chi connectivity index (χ0n) is 15.7. The molecule has 0 bridgehead atoms. The molecular formula is C17H18ClN3O7S. The van der Waals surface area contributed by atoms with Gasteiger partial charge in [-0.05, 0) is 6.07 Å².